The third-order valence-corrected chi connectivity index (χ3v) is 5.75. The van der Waals surface area contributed by atoms with E-state index in [4.69, 9.17) is 9.47 Å². The van der Waals surface area contributed by atoms with E-state index in [1.807, 2.05) is 0 Å². The molecule has 0 amide bonds. The van der Waals surface area contributed by atoms with Crippen LogP contribution in [0.3, 0.4) is 0 Å². The molecule has 0 unspecified atom stereocenters. The number of Topliss-reactive ketones (excluding diaryl/α,β-unsaturated/α-hetero) is 1. The van der Waals surface area contributed by atoms with E-state index in [9.17, 15) is 14.0 Å². The summed E-state index contributed by atoms with van der Waals surface area (Å²) in [7, 11) is 1.56. The predicted octanol–water partition coefficient (Wildman–Crippen LogP) is 4.85. The number of pyridine rings is 2. The van der Waals surface area contributed by atoms with Gasteiger partial charge in [-0.25, -0.2) is 14.4 Å². The summed E-state index contributed by atoms with van der Waals surface area (Å²) in [5.74, 6) is 0.836. The van der Waals surface area contributed by atoms with E-state index < -0.39 is 17.2 Å². The number of ether oxygens (including phenoxy) is 2. The number of hydrogen-bond donors (Lipinski definition) is 0. The van der Waals surface area contributed by atoms with Crippen LogP contribution in [0.5, 0.6) is 17.2 Å². The number of fused-ring (bicyclic) bond motifs is 1. The molecular formula is C28H21FN4O4. The maximum atomic E-state index is 13.3. The summed E-state index contributed by atoms with van der Waals surface area (Å²) in [5.41, 5.74) is 2.17. The highest BCUT2D eigenvalue weighted by molar-refractivity contribution is 5.95. The molecule has 0 radical (unpaired) electrons. The molecule has 0 bridgehead atoms. The molecule has 5 aromatic rings. The Bertz CT molecular complexity index is 1670. The number of methoxy groups -OCH3 is 1. The van der Waals surface area contributed by atoms with Crippen molar-refractivity contribution < 1.29 is 18.7 Å². The van der Waals surface area contributed by atoms with Gasteiger partial charge in [-0.05, 0) is 48.9 Å². The van der Waals surface area contributed by atoms with Gasteiger partial charge in [0.25, 0.3) is 5.56 Å². The maximum Gasteiger partial charge on any atom is 0.284 e. The first-order chi connectivity index (χ1) is 17.9. The number of nitrogens with zero attached hydrogens (tertiary/aromatic N) is 4. The van der Waals surface area contributed by atoms with Crippen molar-refractivity contribution in [1.82, 2.24) is 19.5 Å². The Morgan fingerprint density at radius 3 is 2.43 bits per heavy atom. The fourth-order valence-corrected chi connectivity index (χ4v) is 3.89. The lowest BCUT2D eigenvalue weighted by Crippen LogP contribution is -2.29. The Morgan fingerprint density at radius 2 is 1.70 bits per heavy atom. The van der Waals surface area contributed by atoms with Gasteiger partial charge >= 0.3 is 0 Å². The second kappa shape index (κ2) is 9.98. The molecule has 37 heavy (non-hydrogen) atoms. The van der Waals surface area contributed by atoms with Gasteiger partial charge in [0.1, 0.15) is 22.8 Å². The van der Waals surface area contributed by atoms with E-state index in [0.717, 1.165) is 0 Å². The van der Waals surface area contributed by atoms with Crippen molar-refractivity contribution in [2.75, 3.05) is 7.11 Å². The lowest BCUT2D eigenvalue weighted by molar-refractivity contribution is 0.0986. The third-order valence-electron chi connectivity index (χ3n) is 5.75. The van der Waals surface area contributed by atoms with Gasteiger partial charge in [-0.2, -0.15) is 0 Å². The molecule has 0 atom stereocenters. The average molecular weight is 496 g/mol. The molecule has 0 fully saturated rings. The first kappa shape index (κ1) is 23.8. The summed E-state index contributed by atoms with van der Waals surface area (Å²) in [5, 5.41) is 0. The number of carbonyl (C=O) groups excluding carboxylic acids is 1. The zero-order chi connectivity index (χ0) is 25.9. The van der Waals surface area contributed by atoms with Crippen LogP contribution in [0.15, 0.2) is 84.0 Å². The van der Waals surface area contributed by atoms with Gasteiger partial charge in [0.2, 0.25) is 0 Å². The number of ketones is 1. The number of rotatable bonds is 7. The number of aromatic nitrogens is 4. The Labute approximate surface area is 211 Å². The normalized spacial score (nSPS) is 10.9. The van der Waals surface area contributed by atoms with Crippen LogP contribution in [0.2, 0.25) is 0 Å². The standard InChI is InChI=1S/C28H21FN4O4/c1-17-15-31-27(28(35)33(17)20-7-5-19(29)6-8-20)24(34)13-18-3-9-21(10-4-18)37-25-11-12-30-23-14-22(36-2)16-32-26(23)25/h3-12,14-16H,13H2,1-2H3. The topological polar surface area (TPSA) is 96.2 Å². The predicted molar refractivity (Wildman–Crippen MR) is 135 cm³/mol. The summed E-state index contributed by atoms with van der Waals surface area (Å²) in [4.78, 5) is 38.8. The van der Waals surface area contributed by atoms with Gasteiger partial charge in [-0.3, -0.25) is 19.1 Å². The molecule has 9 heteroatoms. The largest absolute Gasteiger partial charge is 0.495 e. The Hall–Kier alpha value is -4.92. The van der Waals surface area contributed by atoms with Gasteiger partial charge in [0.15, 0.2) is 17.2 Å². The molecule has 3 aromatic heterocycles. The van der Waals surface area contributed by atoms with Gasteiger partial charge in [-0.15, -0.1) is 0 Å². The highest BCUT2D eigenvalue weighted by Gasteiger charge is 2.17. The second-order valence-corrected chi connectivity index (χ2v) is 8.26. The maximum absolute atomic E-state index is 13.3. The number of halogens is 1. The summed E-state index contributed by atoms with van der Waals surface area (Å²) in [6, 6.07) is 15.9. The number of benzene rings is 2. The van der Waals surface area contributed by atoms with E-state index in [0.29, 0.717) is 45.2 Å². The minimum absolute atomic E-state index is 0.0193. The fourth-order valence-electron chi connectivity index (χ4n) is 3.89. The van der Waals surface area contributed by atoms with Crippen LogP contribution in [0.1, 0.15) is 21.7 Å². The minimum Gasteiger partial charge on any atom is -0.495 e. The van der Waals surface area contributed by atoms with Crippen LogP contribution < -0.4 is 15.0 Å². The Balaban J connectivity index is 1.35. The molecule has 2 aromatic carbocycles. The number of aryl methyl sites for hydroxylation is 1. The minimum atomic E-state index is -0.551. The quantitative estimate of drug-likeness (QED) is 0.297. The van der Waals surface area contributed by atoms with E-state index in [-0.39, 0.29) is 12.1 Å². The van der Waals surface area contributed by atoms with Gasteiger partial charge < -0.3 is 9.47 Å². The van der Waals surface area contributed by atoms with Crippen molar-refractivity contribution in [3.8, 4) is 22.9 Å². The summed E-state index contributed by atoms with van der Waals surface area (Å²) < 4.78 is 25.9. The molecule has 5 rings (SSSR count). The van der Waals surface area contributed by atoms with Gasteiger partial charge in [0, 0.05) is 42.3 Å². The van der Waals surface area contributed by atoms with E-state index >= 15 is 0 Å². The average Bonchev–Trinajstić information content (AvgIpc) is 2.90. The molecule has 184 valence electrons. The van der Waals surface area contributed by atoms with Crippen molar-refractivity contribution in [1.29, 1.82) is 0 Å². The van der Waals surface area contributed by atoms with Crippen molar-refractivity contribution in [3.05, 3.63) is 112 Å². The van der Waals surface area contributed by atoms with Crippen LogP contribution >= 0.6 is 0 Å². The van der Waals surface area contributed by atoms with Crippen molar-refractivity contribution in [2.24, 2.45) is 0 Å². The molecule has 0 saturated carbocycles. The highest BCUT2D eigenvalue weighted by Crippen LogP contribution is 2.29. The first-order valence-corrected chi connectivity index (χ1v) is 11.4. The molecule has 0 aliphatic heterocycles. The lowest BCUT2D eigenvalue weighted by atomic mass is 10.1. The molecule has 0 N–H and O–H groups in total. The Kier molecular flexibility index (Phi) is 6.42. The molecule has 0 spiro atoms. The van der Waals surface area contributed by atoms with Crippen molar-refractivity contribution >= 4 is 16.8 Å². The number of hydrogen-bond acceptors (Lipinski definition) is 7. The van der Waals surface area contributed by atoms with Gasteiger partial charge in [-0.1, -0.05) is 12.1 Å². The van der Waals surface area contributed by atoms with Crippen LogP contribution in [0.4, 0.5) is 4.39 Å². The molecule has 0 saturated heterocycles. The molecule has 0 aliphatic rings. The van der Waals surface area contributed by atoms with Crippen LogP contribution in [0.25, 0.3) is 16.7 Å². The first-order valence-electron chi connectivity index (χ1n) is 11.4. The van der Waals surface area contributed by atoms with E-state index in [1.54, 1.807) is 62.8 Å². The van der Waals surface area contributed by atoms with Crippen molar-refractivity contribution in [3.63, 3.8) is 0 Å². The van der Waals surface area contributed by atoms with Crippen molar-refractivity contribution in [2.45, 2.75) is 13.3 Å². The van der Waals surface area contributed by atoms with Crippen LogP contribution in [0, 0.1) is 12.7 Å². The Morgan fingerprint density at radius 1 is 0.946 bits per heavy atom. The second-order valence-electron chi connectivity index (χ2n) is 8.26. The molecule has 0 aliphatic carbocycles. The lowest BCUT2D eigenvalue weighted by Gasteiger charge is -2.11. The summed E-state index contributed by atoms with van der Waals surface area (Å²) in [6.45, 7) is 1.70. The molecular weight excluding hydrogens is 475 g/mol. The monoisotopic (exact) mass is 496 g/mol. The summed E-state index contributed by atoms with van der Waals surface area (Å²) >= 11 is 0. The zero-order valence-corrected chi connectivity index (χ0v) is 20.0. The van der Waals surface area contributed by atoms with E-state index in [2.05, 4.69) is 15.0 Å². The third kappa shape index (κ3) is 4.92. The van der Waals surface area contributed by atoms with Crippen LogP contribution in [-0.4, -0.2) is 32.4 Å². The SMILES string of the molecule is COc1cnc2c(Oc3ccc(CC(=O)c4ncc(C)n(-c5ccc(F)cc5)c4=O)cc3)ccnc2c1. The molecule has 8 nitrogen and oxygen atoms in total. The summed E-state index contributed by atoms with van der Waals surface area (Å²) in [6.07, 6.45) is 4.65. The van der Waals surface area contributed by atoms with Crippen LogP contribution in [-0.2, 0) is 6.42 Å². The molecule has 3 heterocycles. The van der Waals surface area contributed by atoms with E-state index in [1.165, 1.54) is 35.0 Å². The highest BCUT2D eigenvalue weighted by atomic mass is 19.1. The fraction of sp³-hybridized carbons (Fsp3) is 0.107. The zero-order valence-electron chi connectivity index (χ0n) is 20.0. The smallest absolute Gasteiger partial charge is 0.284 e. The van der Waals surface area contributed by atoms with Gasteiger partial charge in [0.05, 0.1) is 18.8 Å². The number of carbonyl (C=O) groups is 1.